The summed E-state index contributed by atoms with van der Waals surface area (Å²) in [6.45, 7) is 6.76. The summed E-state index contributed by atoms with van der Waals surface area (Å²) in [5.74, 6) is 0.0247. The van der Waals surface area contributed by atoms with Gasteiger partial charge in [-0.15, -0.1) is 0 Å². The molecule has 1 amide bonds. The van der Waals surface area contributed by atoms with Gasteiger partial charge >= 0.3 is 0 Å². The molecule has 1 heterocycles. The molecule has 13 heavy (non-hydrogen) atoms. The van der Waals surface area contributed by atoms with Crippen molar-refractivity contribution in [2.24, 2.45) is 5.92 Å². The second kappa shape index (κ2) is 3.37. The summed E-state index contributed by atoms with van der Waals surface area (Å²) in [5.41, 5.74) is -0.0946. The Morgan fingerprint density at radius 2 is 2.31 bits per heavy atom. The highest BCUT2D eigenvalue weighted by Crippen LogP contribution is 2.27. The summed E-state index contributed by atoms with van der Waals surface area (Å²) in [4.78, 5) is 13.4. The van der Waals surface area contributed by atoms with E-state index in [1.165, 1.54) is 0 Å². The maximum absolute atomic E-state index is 11.5. The third-order valence-corrected chi connectivity index (χ3v) is 2.90. The van der Waals surface area contributed by atoms with Crippen LogP contribution in [0.2, 0.25) is 0 Å². The molecule has 0 N–H and O–H groups in total. The molecule has 3 heteroatoms. The van der Waals surface area contributed by atoms with Crippen molar-refractivity contribution in [1.82, 2.24) is 4.90 Å². The first-order chi connectivity index (χ1) is 6.01. The van der Waals surface area contributed by atoms with Gasteiger partial charge in [-0.3, -0.25) is 4.79 Å². The van der Waals surface area contributed by atoms with Gasteiger partial charge in [0.25, 0.3) is 0 Å². The first-order valence-electron chi connectivity index (χ1n) is 4.71. The molecule has 1 unspecified atom stereocenters. The minimum Gasteiger partial charge on any atom is -0.336 e. The van der Waals surface area contributed by atoms with Gasteiger partial charge in [-0.1, -0.05) is 6.92 Å². The topological polar surface area (TPSA) is 44.1 Å². The van der Waals surface area contributed by atoms with Crippen LogP contribution in [0.25, 0.3) is 0 Å². The van der Waals surface area contributed by atoms with Gasteiger partial charge in [-0.05, 0) is 20.3 Å². The number of nitriles is 1. The highest BCUT2D eigenvalue weighted by molar-refractivity contribution is 5.79. The van der Waals surface area contributed by atoms with E-state index in [0.717, 1.165) is 6.42 Å². The lowest BCUT2D eigenvalue weighted by Gasteiger charge is -2.34. The van der Waals surface area contributed by atoms with E-state index in [-0.39, 0.29) is 17.4 Å². The Hall–Kier alpha value is -1.04. The van der Waals surface area contributed by atoms with Crippen LogP contribution in [0.3, 0.4) is 0 Å². The van der Waals surface area contributed by atoms with Crippen LogP contribution >= 0.6 is 0 Å². The predicted octanol–water partition coefficient (Wildman–Crippen LogP) is 1.55. The van der Waals surface area contributed by atoms with Crippen LogP contribution in [0.15, 0.2) is 0 Å². The monoisotopic (exact) mass is 180 g/mol. The van der Waals surface area contributed by atoms with Crippen molar-refractivity contribution < 1.29 is 4.79 Å². The molecule has 1 fully saturated rings. The van der Waals surface area contributed by atoms with Crippen molar-refractivity contribution in [3.8, 4) is 6.07 Å². The standard InChI is InChI=1S/C10H16N2O/c1-4-10(2,3)12-7-8(6-11)5-9(12)13/h8H,4-5,7H2,1-3H3. The molecular weight excluding hydrogens is 164 g/mol. The zero-order valence-electron chi connectivity index (χ0n) is 8.50. The zero-order valence-corrected chi connectivity index (χ0v) is 8.50. The summed E-state index contributed by atoms with van der Waals surface area (Å²) in [7, 11) is 0. The number of amides is 1. The minimum atomic E-state index is -0.0988. The van der Waals surface area contributed by atoms with E-state index in [0.29, 0.717) is 13.0 Å². The minimum absolute atomic E-state index is 0.0946. The Labute approximate surface area is 79.3 Å². The Morgan fingerprint density at radius 3 is 2.69 bits per heavy atom. The summed E-state index contributed by atoms with van der Waals surface area (Å²) in [6, 6.07) is 2.16. The van der Waals surface area contributed by atoms with Crippen LogP contribution in [0, 0.1) is 17.2 Å². The second-order valence-corrected chi connectivity index (χ2v) is 4.20. The number of hydrogen-bond acceptors (Lipinski definition) is 2. The number of rotatable bonds is 2. The highest BCUT2D eigenvalue weighted by Gasteiger charge is 2.37. The van der Waals surface area contributed by atoms with Gasteiger partial charge in [0.15, 0.2) is 0 Å². The lowest BCUT2D eigenvalue weighted by molar-refractivity contribution is -0.132. The van der Waals surface area contributed by atoms with Crippen molar-refractivity contribution in [3.05, 3.63) is 0 Å². The van der Waals surface area contributed by atoms with Gasteiger partial charge in [0, 0.05) is 18.5 Å². The molecule has 0 aromatic heterocycles. The summed E-state index contributed by atoms with van der Waals surface area (Å²) in [5, 5.41) is 8.71. The van der Waals surface area contributed by atoms with Crippen molar-refractivity contribution in [2.75, 3.05) is 6.54 Å². The molecule has 1 aliphatic rings. The second-order valence-electron chi connectivity index (χ2n) is 4.20. The normalized spacial score (nSPS) is 23.4. The van der Waals surface area contributed by atoms with Gasteiger partial charge < -0.3 is 4.90 Å². The number of carbonyl (C=O) groups excluding carboxylic acids is 1. The van der Waals surface area contributed by atoms with Gasteiger partial charge in [-0.25, -0.2) is 0 Å². The molecule has 0 aliphatic carbocycles. The van der Waals surface area contributed by atoms with Crippen LogP contribution in [0.4, 0.5) is 0 Å². The molecule has 1 rings (SSSR count). The summed E-state index contributed by atoms with van der Waals surface area (Å²) < 4.78 is 0. The first-order valence-corrected chi connectivity index (χ1v) is 4.71. The SMILES string of the molecule is CCC(C)(C)N1CC(C#N)CC1=O. The van der Waals surface area contributed by atoms with Crippen molar-refractivity contribution in [2.45, 2.75) is 39.2 Å². The molecule has 1 atom stereocenters. The quantitative estimate of drug-likeness (QED) is 0.647. The highest BCUT2D eigenvalue weighted by atomic mass is 16.2. The molecule has 0 bridgehead atoms. The van der Waals surface area contributed by atoms with Crippen LogP contribution in [0.1, 0.15) is 33.6 Å². The number of carbonyl (C=O) groups is 1. The molecule has 0 aromatic rings. The third kappa shape index (κ3) is 1.82. The average molecular weight is 180 g/mol. The van der Waals surface area contributed by atoms with E-state index >= 15 is 0 Å². The largest absolute Gasteiger partial charge is 0.336 e. The van der Waals surface area contributed by atoms with Gasteiger partial charge in [0.1, 0.15) is 0 Å². The fourth-order valence-corrected chi connectivity index (χ4v) is 1.57. The Morgan fingerprint density at radius 1 is 1.69 bits per heavy atom. The van der Waals surface area contributed by atoms with Crippen molar-refractivity contribution in [1.29, 1.82) is 5.26 Å². The molecule has 0 aromatic carbocycles. The molecule has 0 spiro atoms. The number of nitrogens with zero attached hydrogens (tertiary/aromatic N) is 2. The van der Waals surface area contributed by atoms with Crippen molar-refractivity contribution in [3.63, 3.8) is 0 Å². The van der Waals surface area contributed by atoms with Gasteiger partial charge in [0.05, 0.1) is 12.0 Å². The lowest BCUT2D eigenvalue weighted by atomic mass is 10.00. The summed E-state index contributed by atoms with van der Waals surface area (Å²) in [6.07, 6.45) is 1.33. The van der Waals surface area contributed by atoms with E-state index in [1.807, 2.05) is 18.7 Å². The number of likely N-dealkylation sites (tertiary alicyclic amines) is 1. The fraction of sp³-hybridized carbons (Fsp3) is 0.800. The molecule has 1 aliphatic heterocycles. The smallest absolute Gasteiger partial charge is 0.224 e. The molecule has 3 nitrogen and oxygen atoms in total. The van der Waals surface area contributed by atoms with Crippen LogP contribution < -0.4 is 0 Å². The van der Waals surface area contributed by atoms with Crippen LogP contribution in [0.5, 0.6) is 0 Å². The van der Waals surface area contributed by atoms with Crippen LogP contribution in [-0.2, 0) is 4.79 Å². The van der Waals surface area contributed by atoms with E-state index in [9.17, 15) is 4.79 Å². The van der Waals surface area contributed by atoms with E-state index in [2.05, 4.69) is 13.0 Å². The Balaban J connectivity index is 2.74. The predicted molar refractivity (Wildman–Crippen MR) is 49.8 cm³/mol. The zero-order chi connectivity index (χ0) is 10.1. The number of hydrogen-bond donors (Lipinski definition) is 0. The fourth-order valence-electron chi connectivity index (χ4n) is 1.57. The molecule has 72 valence electrons. The third-order valence-electron chi connectivity index (χ3n) is 2.90. The van der Waals surface area contributed by atoms with Crippen LogP contribution in [-0.4, -0.2) is 22.9 Å². The van der Waals surface area contributed by atoms with E-state index in [4.69, 9.17) is 5.26 Å². The average Bonchev–Trinajstić information content (AvgIpc) is 2.47. The summed E-state index contributed by atoms with van der Waals surface area (Å²) >= 11 is 0. The Kier molecular flexibility index (Phi) is 2.60. The maximum atomic E-state index is 11.5. The van der Waals surface area contributed by atoms with Crippen molar-refractivity contribution >= 4 is 5.91 Å². The molecule has 0 saturated carbocycles. The molecular formula is C10H16N2O. The lowest BCUT2D eigenvalue weighted by Crippen LogP contribution is -2.44. The van der Waals surface area contributed by atoms with Gasteiger partial charge in [0.2, 0.25) is 5.91 Å². The Bertz CT molecular complexity index is 252. The van der Waals surface area contributed by atoms with Gasteiger partial charge in [-0.2, -0.15) is 5.26 Å². The van der Waals surface area contributed by atoms with E-state index < -0.39 is 0 Å². The molecule has 0 radical (unpaired) electrons. The molecule has 1 saturated heterocycles. The maximum Gasteiger partial charge on any atom is 0.224 e. The van der Waals surface area contributed by atoms with E-state index in [1.54, 1.807) is 0 Å². The first kappa shape index (κ1) is 10.0.